The number of methoxy groups -OCH3 is 1. The van der Waals surface area contributed by atoms with Gasteiger partial charge in [0.2, 0.25) is 0 Å². The molecule has 1 heterocycles. The van der Waals surface area contributed by atoms with Crippen molar-refractivity contribution in [2.75, 3.05) is 25.6 Å². The van der Waals surface area contributed by atoms with Crippen LogP contribution >= 0.6 is 11.6 Å². The third kappa shape index (κ3) is 8.51. The number of aryl methyl sites for hydroxylation is 1. The number of nitrogens with zero attached hydrogens (tertiary/aromatic N) is 2. The fraction of sp³-hybridized carbons (Fsp3) is 0.370. The number of halogens is 4. The highest BCUT2D eigenvalue weighted by atomic mass is 35.5. The summed E-state index contributed by atoms with van der Waals surface area (Å²) in [6.07, 6.45) is 0.967. The lowest BCUT2D eigenvalue weighted by Gasteiger charge is -2.17. The average Bonchev–Trinajstić information content (AvgIpc) is 3.56. The number of nitrogens with two attached hydrogens (primary N) is 1. The molecular formula is C27H30ClF3N4O6. The van der Waals surface area contributed by atoms with Gasteiger partial charge in [-0.05, 0) is 62.1 Å². The van der Waals surface area contributed by atoms with Crippen molar-refractivity contribution in [2.24, 2.45) is 12.8 Å². The molecule has 0 unspecified atom stereocenters. The first-order chi connectivity index (χ1) is 19.4. The van der Waals surface area contributed by atoms with Crippen LogP contribution in [0.15, 0.2) is 42.6 Å². The van der Waals surface area contributed by atoms with Gasteiger partial charge in [-0.1, -0.05) is 11.6 Å². The number of benzene rings is 2. The molecule has 1 saturated carbocycles. The highest BCUT2D eigenvalue weighted by molar-refractivity contribution is 6.33. The molecule has 1 fully saturated rings. The van der Waals surface area contributed by atoms with Crippen molar-refractivity contribution < 1.29 is 42.1 Å². The molecule has 0 radical (unpaired) electrons. The predicted octanol–water partition coefficient (Wildman–Crippen LogP) is 5.29. The van der Waals surface area contributed by atoms with Gasteiger partial charge in [-0.3, -0.25) is 9.48 Å². The Morgan fingerprint density at radius 2 is 1.80 bits per heavy atom. The Balaban J connectivity index is 0.000000587. The quantitative estimate of drug-likeness (QED) is 0.302. The van der Waals surface area contributed by atoms with Crippen molar-refractivity contribution in [2.45, 2.75) is 38.0 Å². The van der Waals surface area contributed by atoms with E-state index in [4.69, 9.17) is 41.4 Å². The molecule has 1 aliphatic rings. The number of nitrogens with one attached hydrogen (secondary N) is 1. The molecule has 0 spiro atoms. The zero-order valence-electron chi connectivity index (χ0n) is 22.3. The van der Waals surface area contributed by atoms with Gasteiger partial charge in [0.15, 0.2) is 11.5 Å². The van der Waals surface area contributed by atoms with Crippen LogP contribution in [0.5, 0.6) is 17.2 Å². The third-order valence-corrected chi connectivity index (χ3v) is 6.30. The number of aromatic nitrogens is 2. The number of alkyl halides is 3. The number of anilines is 1. The number of carboxylic acid groups (broad SMARTS) is 1. The van der Waals surface area contributed by atoms with Gasteiger partial charge < -0.3 is 30.4 Å². The molecule has 1 aliphatic carbocycles. The maximum Gasteiger partial charge on any atom is 0.490 e. The van der Waals surface area contributed by atoms with E-state index < -0.39 is 12.1 Å². The maximum absolute atomic E-state index is 13.1. The zero-order valence-corrected chi connectivity index (χ0v) is 23.1. The number of carbonyl (C=O) groups is 2. The topological polar surface area (TPSA) is 138 Å². The van der Waals surface area contributed by atoms with Gasteiger partial charge in [-0.2, -0.15) is 18.3 Å². The van der Waals surface area contributed by atoms with Crippen molar-refractivity contribution in [3.8, 4) is 28.5 Å². The summed E-state index contributed by atoms with van der Waals surface area (Å²) in [7, 11) is 3.39. The van der Waals surface area contributed by atoms with Crippen LogP contribution in [-0.2, 0) is 11.8 Å². The van der Waals surface area contributed by atoms with Gasteiger partial charge >= 0.3 is 12.1 Å². The number of carbonyl (C=O) groups excluding carboxylic acids is 1. The van der Waals surface area contributed by atoms with E-state index in [9.17, 15) is 18.0 Å². The maximum atomic E-state index is 13.1. The molecular weight excluding hydrogens is 569 g/mol. The van der Waals surface area contributed by atoms with Gasteiger partial charge in [-0.15, -0.1) is 0 Å². The van der Waals surface area contributed by atoms with Crippen LogP contribution in [-0.4, -0.2) is 59.3 Å². The average molecular weight is 599 g/mol. The SMILES string of the molecule is COc1ccc(C(=O)Nc2ccc(OCCN)c(-c3c(Cl)cnn3C)c2)cc1OC1CCCC1.O=C(O)C(F)(F)F. The minimum Gasteiger partial charge on any atom is -0.493 e. The van der Waals surface area contributed by atoms with Gasteiger partial charge in [0.25, 0.3) is 5.91 Å². The molecule has 41 heavy (non-hydrogen) atoms. The highest BCUT2D eigenvalue weighted by Crippen LogP contribution is 2.37. The van der Waals surface area contributed by atoms with Crippen molar-refractivity contribution in [3.63, 3.8) is 0 Å². The van der Waals surface area contributed by atoms with E-state index >= 15 is 0 Å². The van der Waals surface area contributed by atoms with Crippen molar-refractivity contribution in [1.82, 2.24) is 9.78 Å². The molecule has 1 amide bonds. The Morgan fingerprint density at radius 1 is 1.15 bits per heavy atom. The lowest BCUT2D eigenvalue weighted by molar-refractivity contribution is -0.192. The number of carboxylic acids is 1. The second-order valence-corrected chi connectivity index (χ2v) is 9.37. The summed E-state index contributed by atoms with van der Waals surface area (Å²) in [4.78, 5) is 22.0. The first-order valence-electron chi connectivity index (χ1n) is 12.6. The summed E-state index contributed by atoms with van der Waals surface area (Å²) in [5.74, 6) is -1.23. The summed E-state index contributed by atoms with van der Waals surface area (Å²) in [6.45, 7) is 0.726. The van der Waals surface area contributed by atoms with Crippen molar-refractivity contribution >= 4 is 29.2 Å². The minimum atomic E-state index is -5.08. The summed E-state index contributed by atoms with van der Waals surface area (Å²) in [5, 5.41) is 14.8. The molecule has 0 saturated heterocycles. The largest absolute Gasteiger partial charge is 0.493 e. The molecule has 222 valence electrons. The number of hydrogen-bond acceptors (Lipinski definition) is 7. The van der Waals surface area contributed by atoms with E-state index in [0.29, 0.717) is 57.9 Å². The zero-order chi connectivity index (χ0) is 30.2. The summed E-state index contributed by atoms with van der Waals surface area (Å²) in [5.41, 5.74) is 8.05. The van der Waals surface area contributed by atoms with Gasteiger partial charge in [0, 0.05) is 30.4 Å². The van der Waals surface area contributed by atoms with Gasteiger partial charge in [0.1, 0.15) is 12.4 Å². The molecule has 0 bridgehead atoms. The van der Waals surface area contributed by atoms with E-state index in [1.165, 1.54) is 0 Å². The van der Waals surface area contributed by atoms with E-state index in [1.54, 1.807) is 55.4 Å². The molecule has 10 nitrogen and oxygen atoms in total. The molecule has 1 aromatic heterocycles. The van der Waals surface area contributed by atoms with E-state index in [1.807, 2.05) is 6.07 Å². The lowest BCUT2D eigenvalue weighted by Crippen LogP contribution is -2.21. The number of amides is 1. The Labute approximate surface area is 239 Å². The highest BCUT2D eigenvalue weighted by Gasteiger charge is 2.38. The van der Waals surface area contributed by atoms with Crippen LogP contribution in [0.4, 0.5) is 18.9 Å². The van der Waals surface area contributed by atoms with E-state index in [0.717, 1.165) is 25.7 Å². The normalized spacial score (nSPS) is 13.2. The molecule has 14 heteroatoms. The van der Waals surface area contributed by atoms with E-state index in [2.05, 4.69) is 10.4 Å². The van der Waals surface area contributed by atoms with Crippen LogP contribution in [0.3, 0.4) is 0 Å². The number of hydrogen-bond donors (Lipinski definition) is 3. The molecule has 3 aromatic rings. The first kappa shape index (κ1) is 31.6. The smallest absolute Gasteiger partial charge is 0.490 e. The standard InChI is InChI=1S/C25H29ClN4O4.C2HF3O2/c1-30-24(20(26)15-28-30)19-14-17(8-10-21(19)33-12-11-27)29-25(31)16-7-9-22(32-2)23(13-16)34-18-5-3-4-6-18;3-2(4,5)1(6)7/h7-10,13-15,18H,3-6,11-12,27H2,1-2H3,(H,29,31);(H,6,7). The van der Waals surface area contributed by atoms with Crippen molar-refractivity contribution in [3.05, 3.63) is 53.2 Å². The molecule has 0 atom stereocenters. The Bertz CT molecular complexity index is 1340. The van der Waals surface area contributed by atoms with Gasteiger partial charge in [-0.25, -0.2) is 4.79 Å². The van der Waals surface area contributed by atoms with Gasteiger partial charge in [0.05, 0.1) is 30.1 Å². The number of ether oxygens (including phenoxy) is 3. The monoisotopic (exact) mass is 598 g/mol. The summed E-state index contributed by atoms with van der Waals surface area (Å²) >= 11 is 6.38. The first-order valence-corrected chi connectivity index (χ1v) is 12.9. The Hall–Kier alpha value is -3.97. The second-order valence-electron chi connectivity index (χ2n) is 8.96. The third-order valence-electron chi connectivity index (χ3n) is 6.03. The summed E-state index contributed by atoms with van der Waals surface area (Å²) in [6, 6.07) is 10.6. The Morgan fingerprint density at radius 3 is 2.37 bits per heavy atom. The second kappa shape index (κ2) is 14.1. The number of rotatable bonds is 9. The van der Waals surface area contributed by atoms with E-state index in [-0.39, 0.29) is 12.0 Å². The van der Waals surface area contributed by atoms with Crippen LogP contribution in [0.1, 0.15) is 36.0 Å². The molecule has 0 aliphatic heterocycles. The van der Waals surface area contributed by atoms with Crippen LogP contribution in [0.25, 0.3) is 11.3 Å². The minimum absolute atomic E-state index is 0.152. The fourth-order valence-corrected chi connectivity index (χ4v) is 4.37. The Kier molecular flexibility index (Phi) is 10.8. The fourth-order valence-electron chi connectivity index (χ4n) is 4.10. The van der Waals surface area contributed by atoms with Crippen LogP contribution < -0.4 is 25.3 Å². The summed E-state index contributed by atoms with van der Waals surface area (Å²) < 4.78 is 50.8. The molecule has 4 N–H and O–H groups in total. The molecule has 4 rings (SSSR count). The van der Waals surface area contributed by atoms with Crippen LogP contribution in [0.2, 0.25) is 5.02 Å². The number of aliphatic carboxylic acids is 1. The molecule has 2 aromatic carbocycles. The van der Waals surface area contributed by atoms with Crippen LogP contribution in [0, 0.1) is 0 Å². The predicted molar refractivity (Wildman–Crippen MR) is 146 cm³/mol. The van der Waals surface area contributed by atoms with Crippen molar-refractivity contribution in [1.29, 1.82) is 0 Å². The lowest BCUT2D eigenvalue weighted by atomic mass is 10.1.